The van der Waals surface area contributed by atoms with E-state index in [2.05, 4.69) is 33.4 Å². The largest absolute Gasteiger partial charge is 0.399 e. The lowest BCUT2D eigenvalue weighted by Crippen LogP contribution is -2.35. The number of halogens is 1. The SMILES string of the molecule is Nc1ccc(Br)c(C(=O)NC2Cc3ccccc3C2)c1. The highest BCUT2D eigenvalue weighted by molar-refractivity contribution is 9.10. The van der Waals surface area contributed by atoms with Crippen LogP contribution in [-0.4, -0.2) is 11.9 Å². The molecule has 0 aromatic heterocycles. The molecule has 4 heteroatoms. The Morgan fingerprint density at radius 1 is 1.15 bits per heavy atom. The second-order valence-electron chi connectivity index (χ2n) is 5.09. The van der Waals surface area contributed by atoms with Crippen LogP contribution in [0.2, 0.25) is 0 Å². The van der Waals surface area contributed by atoms with Crippen molar-refractivity contribution in [2.45, 2.75) is 18.9 Å². The Hall–Kier alpha value is -1.81. The van der Waals surface area contributed by atoms with Crippen molar-refractivity contribution in [3.8, 4) is 0 Å². The quantitative estimate of drug-likeness (QED) is 0.832. The molecule has 0 saturated carbocycles. The van der Waals surface area contributed by atoms with E-state index in [0.29, 0.717) is 11.3 Å². The van der Waals surface area contributed by atoms with Gasteiger partial charge in [-0.2, -0.15) is 0 Å². The smallest absolute Gasteiger partial charge is 0.252 e. The number of nitrogens with one attached hydrogen (secondary N) is 1. The Morgan fingerprint density at radius 3 is 2.45 bits per heavy atom. The Labute approximate surface area is 126 Å². The fourth-order valence-electron chi connectivity index (χ4n) is 2.64. The van der Waals surface area contributed by atoms with Crippen LogP contribution in [0.4, 0.5) is 5.69 Å². The number of hydrogen-bond donors (Lipinski definition) is 2. The van der Waals surface area contributed by atoms with E-state index >= 15 is 0 Å². The van der Waals surface area contributed by atoms with Crippen LogP contribution in [-0.2, 0) is 12.8 Å². The first-order chi connectivity index (χ1) is 9.63. The van der Waals surface area contributed by atoms with Gasteiger partial charge in [0.1, 0.15) is 0 Å². The molecule has 3 nitrogen and oxygen atoms in total. The van der Waals surface area contributed by atoms with Crippen molar-refractivity contribution in [2.75, 3.05) is 5.73 Å². The number of nitrogens with two attached hydrogens (primary N) is 1. The van der Waals surface area contributed by atoms with E-state index in [0.717, 1.165) is 17.3 Å². The molecular formula is C16H15BrN2O. The van der Waals surface area contributed by atoms with Crippen molar-refractivity contribution in [3.63, 3.8) is 0 Å². The zero-order valence-electron chi connectivity index (χ0n) is 10.9. The number of fused-ring (bicyclic) bond motifs is 1. The van der Waals surface area contributed by atoms with Gasteiger partial charge < -0.3 is 11.1 Å². The number of hydrogen-bond acceptors (Lipinski definition) is 2. The molecule has 2 aromatic rings. The van der Waals surface area contributed by atoms with E-state index in [1.165, 1.54) is 11.1 Å². The Balaban J connectivity index is 1.74. The van der Waals surface area contributed by atoms with Gasteiger partial charge in [0.2, 0.25) is 0 Å². The van der Waals surface area contributed by atoms with Crippen LogP contribution in [0.25, 0.3) is 0 Å². The maximum atomic E-state index is 12.3. The standard InChI is InChI=1S/C16H15BrN2O/c17-15-6-5-12(18)9-14(15)16(20)19-13-7-10-3-1-2-4-11(10)8-13/h1-6,9,13H,7-8,18H2,(H,19,20). The minimum atomic E-state index is -0.0815. The molecule has 0 saturated heterocycles. The van der Waals surface area contributed by atoms with Gasteiger partial charge in [-0.05, 0) is 58.1 Å². The van der Waals surface area contributed by atoms with Crippen LogP contribution in [0.1, 0.15) is 21.5 Å². The van der Waals surface area contributed by atoms with E-state index in [9.17, 15) is 4.79 Å². The molecule has 0 bridgehead atoms. The third-order valence-corrected chi connectivity index (χ3v) is 4.31. The Morgan fingerprint density at radius 2 is 1.80 bits per heavy atom. The van der Waals surface area contributed by atoms with Crippen LogP contribution >= 0.6 is 15.9 Å². The van der Waals surface area contributed by atoms with Gasteiger partial charge in [0.05, 0.1) is 5.56 Å². The number of nitrogen functional groups attached to an aromatic ring is 1. The first-order valence-electron chi connectivity index (χ1n) is 6.56. The van der Waals surface area contributed by atoms with Crippen molar-refractivity contribution < 1.29 is 4.79 Å². The monoisotopic (exact) mass is 330 g/mol. The molecule has 0 heterocycles. The number of carbonyl (C=O) groups is 1. The number of benzene rings is 2. The van der Waals surface area contributed by atoms with E-state index < -0.39 is 0 Å². The van der Waals surface area contributed by atoms with Gasteiger partial charge in [0, 0.05) is 16.2 Å². The molecule has 1 amide bonds. The molecule has 1 aliphatic carbocycles. The molecule has 0 spiro atoms. The van der Waals surface area contributed by atoms with Crippen molar-refractivity contribution >= 4 is 27.5 Å². The number of amides is 1. The summed E-state index contributed by atoms with van der Waals surface area (Å²) in [6, 6.07) is 13.7. The van der Waals surface area contributed by atoms with Crippen LogP contribution < -0.4 is 11.1 Å². The highest BCUT2D eigenvalue weighted by atomic mass is 79.9. The average molecular weight is 331 g/mol. The minimum absolute atomic E-state index is 0.0815. The molecule has 0 unspecified atom stereocenters. The van der Waals surface area contributed by atoms with E-state index in [-0.39, 0.29) is 11.9 Å². The maximum absolute atomic E-state index is 12.3. The second-order valence-corrected chi connectivity index (χ2v) is 5.94. The van der Waals surface area contributed by atoms with E-state index in [1.54, 1.807) is 18.2 Å². The maximum Gasteiger partial charge on any atom is 0.252 e. The summed E-state index contributed by atoms with van der Waals surface area (Å²) in [5, 5.41) is 3.09. The topological polar surface area (TPSA) is 55.1 Å². The normalized spacial score (nSPS) is 14.1. The van der Waals surface area contributed by atoms with Crippen LogP contribution in [0, 0.1) is 0 Å². The molecule has 0 radical (unpaired) electrons. The van der Waals surface area contributed by atoms with Gasteiger partial charge >= 0.3 is 0 Å². The summed E-state index contributed by atoms with van der Waals surface area (Å²) in [7, 11) is 0. The van der Waals surface area contributed by atoms with Crippen molar-refractivity contribution in [3.05, 3.63) is 63.6 Å². The zero-order valence-corrected chi connectivity index (χ0v) is 12.5. The predicted octanol–water partition coefficient (Wildman–Crippen LogP) is 2.93. The summed E-state index contributed by atoms with van der Waals surface area (Å²) in [5.74, 6) is -0.0815. The molecule has 3 N–H and O–H groups in total. The summed E-state index contributed by atoms with van der Waals surface area (Å²) in [6.45, 7) is 0. The van der Waals surface area contributed by atoms with Crippen LogP contribution in [0.3, 0.4) is 0 Å². The Kier molecular flexibility index (Phi) is 3.49. The summed E-state index contributed by atoms with van der Waals surface area (Å²) in [6.07, 6.45) is 1.78. The lowest BCUT2D eigenvalue weighted by molar-refractivity contribution is 0.0938. The number of rotatable bonds is 2. The van der Waals surface area contributed by atoms with Crippen molar-refractivity contribution in [2.24, 2.45) is 0 Å². The van der Waals surface area contributed by atoms with Crippen molar-refractivity contribution in [1.29, 1.82) is 0 Å². The molecule has 0 atom stereocenters. The molecule has 102 valence electrons. The summed E-state index contributed by atoms with van der Waals surface area (Å²) in [4.78, 5) is 12.3. The van der Waals surface area contributed by atoms with Crippen molar-refractivity contribution in [1.82, 2.24) is 5.32 Å². The summed E-state index contributed by atoms with van der Waals surface area (Å²) in [5.41, 5.74) is 9.56. The van der Waals surface area contributed by atoms with Crippen LogP contribution in [0.5, 0.6) is 0 Å². The van der Waals surface area contributed by atoms with E-state index in [4.69, 9.17) is 5.73 Å². The van der Waals surface area contributed by atoms with Crippen LogP contribution in [0.15, 0.2) is 46.9 Å². The van der Waals surface area contributed by atoms with Gasteiger partial charge in [-0.25, -0.2) is 0 Å². The fraction of sp³-hybridized carbons (Fsp3) is 0.188. The van der Waals surface area contributed by atoms with Gasteiger partial charge in [0.15, 0.2) is 0 Å². The molecule has 20 heavy (non-hydrogen) atoms. The molecule has 2 aromatic carbocycles. The first kappa shape index (κ1) is 13.2. The molecule has 1 aliphatic rings. The van der Waals surface area contributed by atoms with Gasteiger partial charge in [-0.3, -0.25) is 4.79 Å². The summed E-state index contributed by atoms with van der Waals surface area (Å²) >= 11 is 3.39. The fourth-order valence-corrected chi connectivity index (χ4v) is 3.07. The summed E-state index contributed by atoms with van der Waals surface area (Å²) < 4.78 is 0.764. The first-order valence-corrected chi connectivity index (χ1v) is 7.35. The highest BCUT2D eigenvalue weighted by Gasteiger charge is 2.23. The molecule has 0 fully saturated rings. The third kappa shape index (κ3) is 2.56. The Bertz CT molecular complexity index is 644. The lowest BCUT2D eigenvalue weighted by Gasteiger charge is -2.13. The number of anilines is 1. The average Bonchev–Trinajstić information content (AvgIpc) is 2.83. The second kappa shape index (κ2) is 5.29. The van der Waals surface area contributed by atoms with Gasteiger partial charge in [-0.1, -0.05) is 24.3 Å². The highest BCUT2D eigenvalue weighted by Crippen LogP contribution is 2.23. The van der Waals surface area contributed by atoms with Gasteiger partial charge in [-0.15, -0.1) is 0 Å². The molecule has 0 aliphatic heterocycles. The molecular weight excluding hydrogens is 316 g/mol. The molecule has 3 rings (SSSR count). The predicted molar refractivity (Wildman–Crippen MR) is 83.7 cm³/mol. The van der Waals surface area contributed by atoms with Gasteiger partial charge in [0.25, 0.3) is 5.91 Å². The third-order valence-electron chi connectivity index (χ3n) is 3.62. The zero-order chi connectivity index (χ0) is 14.1. The lowest BCUT2D eigenvalue weighted by atomic mass is 10.1. The minimum Gasteiger partial charge on any atom is -0.399 e. The number of carbonyl (C=O) groups excluding carboxylic acids is 1. The van der Waals surface area contributed by atoms with E-state index in [1.807, 2.05) is 12.1 Å².